The summed E-state index contributed by atoms with van der Waals surface area (Å²) in [5.74, 6) is 1.60. The molecular weight excluding hydrogens is 278 g/mol. The second-order valence-corrected chi connectivity index (χ2v) is 6.44. The van der Waals surface area contributed by atoms with Gasteiger partial charge in [0, 0.05) is 11.4 Å². The predicted octanol–water partition coefficient (Wildman–Crippen LogP) is 2.63. The van der Waals surface area contributed by atoms with E-state index in [1.165, 1.54) is 0 Å². The minimum absolute atomic E-state index is 0.246. The Labute approximate surface area is 129 Å². The first-order valence-corrected chi connectivity index (χ1v) is 7.97. The van der Waals surface area contributed by atoms with Gasteiger partial charge in [-0.05, 0) is 49.8 Å². The van der Waals surface area contributed by atoms with Crippen LogP contribution in [0.3, 0.4) is 0 Å². The van der Waals surface area contributed by atoms with Crippen LogP contribution in [0.4, 0.5) is 5.69 Å². The fourth-order valence-corrected chi connectivity index (χ4v) is 3.63. The summed E-state index contributed by atoms with van der Waals surface area (Å²) < 4.78 is 5.93. The van der Waals surface area contributed by atoms with Crippen LogP contribution < -0.4 is 15.8 Å². The van der Waals surface area contributed by atoms with Crippen LogP contribution in [-0.2, 0) is 0 Å². The smallest absolute Gasteiger partial charge is 0.161 e. The normalized spacial score (nSPS) is 27.8. The molecule has 5 nitrogen and oxygen atoms in total. The summed E-state index contributed by atoms with van der Waals surface area (Å²) in [7, 11) is 0. The highest BCUT2D eigenvalue weighted by atomic mass is 16.5. The van der Waals surface area contributed by atoms with Crippen LogP contribution in [0.25, 0.3) is 10.9 Å². The molecule has 1 aromatic heterocycles. The SMILES string of the molecule is NC1CCC(C2COc3cnc4ccc(O)cc4c3N2)CC1. The molecule has 1 unspecified atom stereocenters. The first kappa shape index (κ1) is 13.6. The topological polar surface area (TPSA) is 80.4 Å². The number of aromatic nitrogens is 1. The minimum atomic E-state index is 0.246. The molecule has 5 heteroatoms. The Morgan fingerprint density at radius 1 is 1.23 bits per heavy atom. The summed E-state index contributed by atoms with van der Waals surface area (Å²) in [4.78, 5) is 4.39. The fraction of sp³-hybridized carbons (Fsp3) is 0.471. The maximum Gasteiger partial charge on any atom is 0.161 e. The van der Waals surface area contributed by atoms with Gasteiger partial charge in [-0.1, -0.05) is 0 Å². The molecule has 0 saturated heterocycles. The Hall–Kier alpha value is -2.01. The summed E-state index contributed by atoms with van der Waals surface area (Å²) in [6.07, 6.45) is 6.23. The zero-order chi connectivity index (χ0) is 15.1. The van der Waals surface area contributed by atoms with Gasteiger partial charge in [-0.2, -0.15) is 0 Å². The number of rotatable bonds is 1. The Bertz CT molecular complexity index is 696. The Morgan fingerprint density at radius 2 is 2.05 bits per heavy atom. The van der Waals surface area contributed by atoms with E-state index in [9.17, 15) is 5.11 Å². The Balaban J connectivity index is 1.65. The van der Waals surface area contributed by atoms with E-state index in [4.69, 9.17) is 10.5 Å². The van der Waals surface area contributed by atoms with Gasteiger partial charge in [-0.15, -0.1) is 0 Å². The molecule has 22 heavy (non-hydrogen) atoms. The van der Waals surface area contributed by atoms with Crippen LogP contribution in [-0.4, -0.2) is 28.8 Å². The lowest BCUT2D eigenvalue weighted by Crippen LogP contribution is -2.41. The van der Waals surface area contributed by atoms with Gasteiger partial charge in [0.05, 0.1) is 23.4 Å². The van der Waals surface area contributed by atoms with E-state index < -0.39 is 0 Å². The van der Waals surface area contributed by atoms with Crippen LogP contribution in [0.5, 0.6) is 11.5 Å². The lowest BCUT2D eigenvalue weighted by atomic mass is 9.81. The van der Waals surface area contributed by atoms with Crippen molar-refractivity contribution in [1.82, 2.24) is 4.98 Å². The van der Waals surface area contributed by atoms with Gasteiger partial charge in [0.25, 0.3) is 0 Å². The van der Waals surface area contributed by atoms with Crippen LogP contribution >= 0.6 is 0 Å². The summed E-state index contributed by atoms with van der Waals surface area (Å²) in [6, 6.07) is 5.89. The molecule has 2 aromatic rings. The van der Waals surface area contributed by atoms with E-state index >= 15 is 0 Å². The fourth-order valence-electron chi connectivity index (χ4n) is 3.63. The van der Waals surface area contributed by atoms with E-state index in [1.54, 1.807) is 18.3 Å². The van der Waals surface area contributed by atoms with E-state index in [0.717, 1.165) is 48.0 Å². The molecule has 0 radical (unpaired) electrons. The van der Waals surface area contributed by atoms with Crippen LogP contribution in [0.2, 0.25) is 0 Å². The number of pyridine rings is 1. The molecule has 1 aliphatic heterocycles. The van der Waals surface area contributed by atoms with Crippen LogP contribution in [0.1, 0.15) is 25.7 Å². The highest BCUT2D eigenvalue weighted by Crippen LogP contribution is 2.39. The monoisotopic (exact) mass is 299 g/mol. The standard InChI is InChI=1S/C17H21N3O2/c18-11-3-1-10(2-4-11)15-9-22-16-8-19-14-6-5-12(21)7-13(14)17(16)20-15/h5-8,10-11,15,20-21H,1-4,9,18H2. The van der Waals surface area contributed by atoms with Crippen molar-refractivity contribution >= 4 is 16.6 Å². The average molecular weight is 299 g/mol. The maximum atomic E-state index is 9.77. The Morgan fingerprint density at radius 3 is 2.86 bits per heavy atom. The highest BCUT2D eigenvalue weighted by Gasteiger charge is 2.30. The van der Waals surface area contributed by atoms with Crippen molar-refractivity contribution < 1.29 is 9.84 Å². The van der Waals surface area contributed by atoms with Crippen molar-refractivity contribution in [1.29, 1.82) is 0 Å². The quantitative estimate of drug-likeness (QED) is 0.754. The van der Waals surface area contributed by atoms with Gasteiger partial charge in [0.15, 0.2) is 5.75 Å². The third-order valence-corrected chi connectivity index (χ3v) is 4.95. The zero-order valence-corrected chi connectivity index (χ0v) is 12.5. The molecule has 1 atom stereocenters. The number of nitrogens with one attached hydrogen (secondary N) is 1. The first-order chi connectivity index (χ1) is 10.7. The zero-order valence-electron chi connectivity index (χ0n) is 12.5. The van der Waals surface area contributed by atoms with Gasteiger partial charge in [-0.3, -0.25) is 4.98 Å². The van der Waals surface area contributed by atoms with Gasteiger partial charge in [0.1, 0.15) is 12.4 Å². The molecule has 1 saturated carbocycles. The number of hydrogen-bond donors (Lipinski definition) is 3. The molecule has 1 aliphatic carbocycles. The largest absolute Gasteiger partial charge is 0.508 e. The molecule has 4 N–H and O–H groups in total. The third kappa shape index (κ3) is 2.35. The number of nitrogens with zero attached hydrogens (tertiary/aromatic N) is 1. The second-order valence-electron chi connectivity index (χ2n) is 6.44. The van der Waals surface area contributed by atoms with E-state index in [2.05, 4.69) is 10.3 Å². The molecule has 116 valence electrons. The molecular formula is C17H21N3O2. The molecule has 0 bridgehead atoms. The minimum Gasteiger partial charge on any atom is -0.508 e. The number of ether oxygens (including phenoxy) is 1. The van der Waals surface area contributed by atoms with Crippen LogP contribution in [0.15, 0.2) is 24.4 Å². The van der Waals surface area contributed by atoms with Gasteiger partial charge >= 0.3 is 0 Å². The van der Waals surface area contributed by atoms with E-state index in [0.29, 0.717) is 24.6 Å². The average Bonchev–Trinajstić information content (AvgIpc) is 2.55. The molecule has 0 amide bonds. The van der Waals surface area contributed by atoms with Crippen molar-refractivity contribution in [3.05, 3.63) is 24.4 Å². The van der Waals surface area contributed by atoms with E-state index in [1.807, 2.05) is 6.07 Å². The number of anilines is 1. The molecule has 2 heterocycles. The number of nitrogens with two attached hydrogens (primary N) is 1. The maximum absolute atomic E-state index is 9.77. The summed E-state index contributed by atoms with van der Waals surface area (Å²) >= 11 is 0. The molecule has 1 aromatic carbocycles. The lowest BCUT2D eigenvalue weighted by molar-refractivity contribution is 0.207. The number of phenolic OH excluding ortho intramolecular Hbond substituents is 1. The predicted molar refractivity (Wildman–Crippen MR) is 86.2 cm³/mol. The Kier molecular flexibility index (Phi) is 3.30. The molecule has 1 fully saturated rings. The van der Waals surface area contributed by atoms with Crippen molar-refractivity contribution in [2.24, 2.45) is 11.7 Å². The first-order valence-electron chi connectivity index (χ1n) is 7.97. The number of phenols is 1. The van der Waals surface area contributed by atoms with Gasteiger partial charge in [-0.25, -0.2) is 0 Å². The highest BCUT2D eigenvalue weighted by molar-refractivity contribution is 5.95. The van der Waals surface area contributed by atoms with Gasteiger partial charge < -0.3 is 20.9 Å². The van der Waals surface area contributed by atoms with Crippen LogP contribution in [0, 0.1) is 5.92 Å². The second kappa shape index (κ2) is 5.32. The summed E-state index contributed by atoms with van der Waals surface area (Å²) in [5.41, 5.74) is 7.82. The number of benzene rings is 1. The molecule has 0 spiro atoms. The van der Waals surface area contributed by atoms with Crippen molar-refractivity contribution in [2.75, 3.05) is 11.9 Å². The van der Waals surface area contributed by atoms with Gasteiger partial charge in [0.2, 0.25) is 0 Å². The molecule has 2 aliphatic rings. The lowest BCUT2D eigenvalue weighted by Gasteiger charge is -2.36. The molecule has 4 rings (SSSR count). The number of hydrogen-bond acceptors (Lipinski definition) is 5. The van der Waals surface area contributed by atoms with Crippen molar-refractivity contribution in [3.63, 3.8) is 0 Å². The summed E-state index contributed by atoms with van der Waals surface area (Å²) in [5, 5.41) is 14.3. The number of aromatic hydroxyl groups is 1. The summed E-state index contributed by atoms with van der Waals surface area (Å²) in [6.45, 7) is 0.666. The third-order valence-electron chi connectivity index (χ3n) is 4.95. The number of fused-ring (bicyclic) bond motifs is 3. The van der Waals surface area contributed by atoms with Crippen molar-refractivity contribution in [3.8, 4) is 11.5 Å². The van der Waals surface area contributed by atoms with E-state index in [-0.39, 0.29) is 5.75 Å². The van der Waals surface area contributed by atoms with Crippen molar-refractivity contribution in [2.45, 2.75) is 37.8 Å².